The first-order valence-electron chi connectivity index (χ1n) is 12.5. The van der Waals surface area contributed by atoms with Gasteiger partial charge in [-0.25, -0.2) is 0 Å². The minimum absolute atomic E-state index is 0.103. The lowest BCUT2D eigenvalue weighted by Crippen LogP contribution is -2.45. The number of carbonyl (C=O) groups excluding carboxylic acids is 4. The quantitative estimate of drug-likeness (QED) is 0.261. The Morgan fingerprint density at radius 1 is 0.975 bits per heavy atom. The van der Waals surface area contributed by atoms with Gasteiger partial charge in [0.15, 0.2) is 5.69 Å². The van der Waals surface area contributed by atoms with E-state index in [1.54, 1.807) is 62.4 Å². The molecule has 0 bridgehead atoms. The second-order valence-corrected chi connectivity index (χ2v) is 8.91. The van der Waals surface area contributed by atoms with Crippen LogP contribution < -0.4 is 31.2 Å². The maximum Gasteiger partial charge on any atom is 0.325 e. The number of hydrogen-bond donors (Lipinski definition) is 3. The van der Waals surface area contributed by atoms with Crippen molar-refractivity contribution in [3.63, 3.8) is 0 Å². The molecule has 0 saturated heterocycles. The van der Waals surface area contributed by atoms with Crippen LogP contribution in [0.3, 0.4) is 0 Å². The summed E-state index contributed by atoms with van der Waals surface area (Å²) in [6, 6.07) is 11.9. The number of carbonyl (C=O) groups is 4. The number of ether oxygens (including phenoxy) is 3. The van der Waals surface area contributed by atoms with Gasteiger partial charge in [-0.1, -0.05) is 24.3 Å². The van der Waals surface area contributed by atoms with Crippen molar-refractivity contribution >= 4 is 46.6 Å². The van der Waals surface area contributed by atoms with E-state index < -0.39 is 36.3 Å². The molecule has 0 aliphatic carbocycles. The second-order valence-electron chi connectivity index (χ2n) is 8.14. The molecule has 13 heteroatoms. The van der Waals surface area contributed by atoms with Gasteiger partial charge >= 0.3 is 5.97 Å². The molecule has 0 radical (unpaired) electrons. The van der Waals surface area contributed by atoms with Crippen molar-refractivity contribution in [3.8, 4) is 11.5 Å². The van der Waals surface area contributed by atoms with Gasteiger partial charge in [0, 0.05) is 0 Å². The molecule has 1 atom stereocenters. The summed E-state index contributed by atoms with van der Waals surface area (Å²) in [5, 5.41) is 2.55. The summed E-state index contributed by atoms with van der Waals surface area (Å²) in [6.45, 7) is 5.68. The van der Waals surface area contributed by atoms with Crippen LogP contribution in [0.2, 0.25) is 0 Å². The highest BCUT2D eigenvalue weighted by molar-refractivity contribution is 7.09. The number of primary amides is 1. The van der Waals surface area contributed by atoms with Crippen molar-refractivity contribution in [3.05, 3.63) is 64.7 Å². The number of esters is 1. The molecular formula is C27H31N5O7S. The standard InChI is InChI=1S/C27H31N5O7S/c1-4-37-17-13-11-16(12-14-17)23(26(35)30-15-20(33)39-6-3)32(18-9-7-8-10-19(18)38-5-2)27(36)24-21(28)22(25(29)34)31-40-24/h7-14,23H,4-6,15,28H2,1-3H3,(H2,29,34)(H,30,35)/t23-/m0/s1. The van der Waals surface area contributed by atoms with Gasteiger partial charge in [-0.15, -0.1) is 0 Å². The van der Waals surface area contributed by atoms with E-state index in [1.165, 1.54) is 4.90 Å². The summed E-state index contributed by atoms with van der Waals surface area (Å²) in [5.74, 6) is -2.10. The van der Waals surface area contributed by atoms with Gasteiger partial charge < -0.3 is 31.0 Å². The summed E-state index contributed by atoms with van der Waals surface area (Å²) in [6.07, 6.45) is 0. The molecule has 3 amide bonds. The first-order chi connectivity index (χ1) is 19.2. The predicted octanol–water partition coefficient (Wildman–Crippen LogP) is 2.69. The van der Waals surface area contributed by atoms with Crippen molar-refractivity contribution < 1.29 is 33.4 Å². The Balaban J connectivity index is 2.21. The van der Waals surface area contributed by atoms with Gasteiger partial charge in [0.1, 0.15) is 29.0 Å². The first kappa shape index (κ1) is 29.9. The molecule has 0 aliphatic heterocycles. The molecule has 0 fully saturated rings. The number of aromatic nitrogens is 1. The molecule has 1 heterocycles. The lowest BCUT2D eigenvalue weighted by Gasteiger charge is -2.32. The highest BCUT2D eigenvalue weighted by atomic mass is 32.1. The molecule has 1 aromatic heterocycles. The lowest BCUT2D eigenvalue weighted by molar-refractivity contribution is -0.143. The van der Waals surface area contributed by atoms with Gasteiger partial charge in [0.25, 0.3) is 11.8 Å². The van der Waals surface area contributed by atoms with Crippen LogP contribution in [0.5, 0.6) is 11.5 Å². The third-order valence-electron chi connectivity index (χ3n) is 5.52. The molecule has 0 spiro atoms. The van der Waals surface area contributed by atoms with Crippen LogP contribution in [-0.2, 0) is 14.3 Å². The fourth-order valence-electron chi connectivity index (χ4n) is 3.84. The molecule has 0 aliphatic rings. The lowest BCUT2D eigenvalue weighted by atomic mass is 10.0. The number of nitrogens with two attached hydrogens (primary N) is 2. The largest absolute Gasteiger partial charge is 0.494 e. The van der Waals surface area contributed by atoms with Gasteiger partial charge in [-0.3, -0.25) is 24.1 Å². The number of amides is 3. The molecule has 5 N–H and O–H groups in total. The van der Waals surface area contributed by atoms with E-state index in [4.69, 9.17) is 25.7 Å². The topological polar surface area (TPSA) is 176 Å². The predicted molar refractivity (Wildman–Crippen MR) is 149 cm³/mol. The Bertz CT molecular complexity index is 1360. The molecule has 3 rings (SSSR count). The van der Waals surface area contributed by atoms with E-state index in [2.05, 4.69) is 9.69 Å². The number of nitrogens with zero attached hydrogens (tertiary/aromatic N) is 2. The van der Waals surface area contributed by atoms with Gasteiger partial charge in [-0.2, -0.15) is 4.37 Å². The Kier molecular flexibility index (Phi) is 10.4. The van der Waals surface area contributed by atoms with Crippen LogP contribution in [0.25, 0.3) is 0 Å². The maximum atomic E-state index is 14.2. The summed E-state index contributed by atoms with van der Waals surface area (Å²) in [4.78, 5) is 52.9. The van der Waals surface area contributed by atoms with Crippen molar-refractivity contribution in [1.82, 2.24) is 9.69 Å². The summed E-state index contributed by atoms with van der Waals surface area (Å²) in [5.41, 5.74) is 11.6. The number of para-hydroxylation sites is 2. The molecule has 12 nitrogen and oxygen atoms in total. The van der Waals surface area contributed by atoms with Crippen molar-refractivity contribution in [2.24, 2.45) is 5.73 Å². The van der Waals surface area contributed by atoms with Crippen LogP contribution in [-0.4, -0.2) is 54.4 Å². The van der Waals surface area contributed by atoms with E-state index >= 15 is 0 Å². The van der Waals surface area contributed by atoms with Crippen LogP contribution in [0.4, 0.5) is 11.4 Å². The average molecular weight is 570 g/mol. The van der Waals surface area contributed by atoms with E-state index in [1.807, 2.05) is 6.92 Å². The van der Waals surface area contributed by atoms with E-state index in [0.29, 0.717) is 35.2 Å². The molecule has 0 saturated carbocycles. The van der Waals surface area contributed by atoms with Crippen molar-refractivity contribution in [2.75, 3.05) is 37.0 Å². The van der Waals surface area contributed by atoms with Crippen LogP contribution in [0, 0.1) is 0 Å². The monoisotopic (exact) mass is 569 g/mol. The first-order valence-corrected chi connectivity index (χ1v) is 13.3. The second kappa shape index (κ2) is 13.9. The highest BCUT2D eigenvalue weighted by Crippen LogP contribution is 2.38. The zero-order valence-corrected chi connectivity index (χ0v) is 23.2. The Labute approximate surface area is 235 Å². The zero-order chi connectivity index (χ0) is 29.2. The average Bonchev–Trinajstić information content (AvgIpc) is 3.33. The molecule has 40 heavy (non-hydrogen) atoms. The molecule has 212 valence electrons. The molecule has 2 aromatic carbocycles. The van der Waals surface area contributed by atoms with Crippen molar-refractivity contribution in [2.45, 2.75) is 26.8 Å². The molecule has 0 unspecified atom stereocenters. The van der Waals surface area contributed by atoms with E-state index in [9.17, 15) is 19.2 Å². The Hall–Kier alpha value is -4.65. The third-order valence-corrected chi connectivity index (χ3v) is 6.38. The fraction of sp³-hybridized carbons (Fsp3) is 0.296. The number of rotatable bonds is 13. The number of benzene rings is 2. The fourth-order valence-corrected chi connectivity index (χ4v) is 4.58. The number of nitrogen functional groups attached to an aromatic ring is 1. The van der Waals surface area contributed by atoms with Crippen LogP contribution >= 0.6 is 11.5 Å². The Morgan fingerprint density at radius 2 is 1.65 bits per heavy atom. The Morgan fingerprint density at radius 3 is 2.25 bits per heavy atom. The van der Waals surface area contributed by atoms with Crippen LogP contribution in [0.15, 0.2) is 48.5 Å². The van der Waals surface area contributed by atoms with Gasteiger partial charge in [0.2, 0.25) is 5.91 Å². The maximum absolute atomic E-state index is 14.2. The van der Waals surface area contributed by atoms with E-state index in [0.717, 1.165) is 0 Å². The number of hydrogen-bond acceptors (Lipinski definition) is 10. The van der Waals surface area contributed by atoms with Crippen molar-refractivity contribution in [1.29, 1.82) is 0 Å². The van der Waals surface area contributed by atoms with Crippen LogP contribution in [0.1, 0.15) is 52.5 Å². The van der Waals surface area contributed by atoms with E-state index in [-0.39, 0.29) is 35.2 Å². The molecule has 3 aromatic rings. The molecular weight excluding hydrogens is 538 g/mol. The highest BCUT2D eigenvalue weighted by Gasteiger charge is 2.37. The number of nitrogens with one attached hydrogen (secondary N) is 1. The van der Waals surface area contributed by atoms with Gasteiger partial charge in [-0.05, 0) is 62.1 Å². The normalized spacial score (nSPS) is 11.3. The summed E-state index contributed by atoms with van der Waals surface area (Å²) >= 11 is 0.679. The summed E-state index contributed by atoms with van der Waals surface area (Å²) < 4.78 is 20.2. The summed E-state index contributed by atoms with van der Waals surface area (Å²) in [7, 11) is 0. The SMILES string of the molecule is CCOC(=O)CNC(=O)[C@H](c1ccc(OCC)cc1)N(C(=O)c1snc(C(N)=O)c1N)c1ccccc1OCC. The zero-order valence-electron chi connectivity index (χ0n) is 22.3. The third kappa shape index (κ3) is 6.86. The minimum atomic E-state index is -1.32. The van der Waals surface area contributed by atoms with Gasteiger partial charge in [0.05, 0.1) is 31.2 Å². The number of anilines is 2. The smallest absolute Gasteiger partial charge is 0.325 e. The minimum Gasteiger partial charge on any atom is -0.494 e.